The lowest BCUT2D eigenvalue weighted by molar-refractivity contribution is -0.147. The van der Waals surface area contributed by atoms with Crippen molar-refractivity contribution in [1.82, 2.24) is 20.0 Å². The van der Waals surface area contributed by atoms with Crippen molar-refractivity contribution in [2.45, 2.75) is 58.1 Å². The maximum Gasteiger partial charge on any atom is 0.410 e. The van der Waals surface area contributed by atoms with Crippen LogP contribution in [0.5, 0.6) is 0 Å². The van der Waals surface area contributed by atoms with Crippen molar-refractivity contribution in [3.63, 3.8) is 0 Å². The quantitative estimate of drug-likeness (QED) is 0.724. The SMILES string of the molecule is CC(C)(C)OC(=O)N1CCC[C@H](CN2CCN(C(=O)C(=O)NC3CC3)CC2)C1. The predicted molar refractivity (Wildman–Crippen MR) is 105 cm³/mol. The van der Waals surface area contributed by atoms with E-state index in [0.717, 1.165) is 58.4 Å². The fourth-order valence-electron chi connectivity index (χ4n) is 3.82. The van der Waals surface area contributed by atoms with Crippen LogP contribution in [0.3, 0.4) is 0 Å². The number of piperidine rings is 1. The first-order valence-corrected chi connectivity index (χ1v) is 10.5. The summed E-state index contributed by atoms with van der Waals surface area (Å²) in [5.74, 6) is -0.446. The topological polar surface area (TPSA) is 82.2 Å². The number of ether oxygens (including phenoxy) is 1. The molecule has 0 aromatic rings. The summed E-state index contributed by atoms with van der Waals surface area (Å²) in [6.45, 7) is 10.8. The fourth-order valence-corrected chi connectivity index (χ4v) is 3.82. The third kappa shape index (κ3) is 6.09. The molecule has 2 heterocycles. The number of piperazine rings is 1. The van der Waals surface area contributed by atoms with E-state index in [0.29, 0.717) is 19.0 Å². The van der Waals surface area contributed by atoms with E-state index in [1.807, 2.05) is 25.7 Å². The van der Waals surface area contributed by atoms with Crippen LogP contribution in [0.25, 0.3) is 0 Å². The number of hydrogen-bond donors (Lipinski definition) is 1. The van der Waals surface area contributed by atoms with Crippen molar-refractivity contribution >= 4 is 17.9 Å². The maximum absolute atomic E-state index is 12.3. The van der Waals surface area contributed by atoms with E-state index in [1.54, 1.807) is 4.90 Å². The van der Waals surface area contributed by atoms with Gasteiger partial charge in [0.25, 0.3) is 0 Å². The Balaban J connectivity index is 1.40. The van der Waals surface area contributed by atoms with E-state index in [2.05, 4.69) is 10.2 Å². The third-order valence-corrected chi connectivity index (χ3v) is 5.45. The smallest absolute Gasteiger partial charge is 0.410 e. The Morgan fingerprint density at radius 3 is 2.25 bits per heavy atom. The Kier molecular flexibility index (Phi) is 6.47. The summed E-state index contributed by atoms with van der Waals surface area (Å²) in [5, 5.41) is 2.77. The highest BCUT2D eigenvalue weighted by Gasteiger charge is 2.32. The monoisotopic (exact) mass is 394 g/mol. The Morgan fingerprint density at radius 1 is 0.964 bits per heavy atom. The van der Waals surface area contributed by atoms with Gasteiger partial charge in [-0.1, -0.05) is 0 Å². The van der Waals surface area contributed by atoms with E-state index in [1.165, 1.54) is 0 Å². The highest BCUT2D eigenvalue weighted by molar-refractivity contribution is 6.35. The van der Waals surface area contributed by atoms with Gasteiger partial charge in [0.05, 0.1) is 0 Å². The number of nitrogens with zero attached hydrogens (tertiary/aromatic N) is 3. The van der Waals surface area contributed by atoms with Crippen molar-refractivity contribution < 1.29 is 19.1 Å². The lowest BCUT2D eigenvalue weighted by Crippen LogP contribution is -2.54. The maximum atomic E-state index is 12.3. The summed E-state index contributed by atoms with van der Waals surface area (Å²) in [6.07, 6.45) is 3.82. The van der Waals surface area contributed by atoms with Gasteiger partial charge in [-0.15, -0.1) is 0 Å². The van der Waals surface area contributed by atoms with Crippen LogP contribution in [-0.4, -0.2) is 90.1 Å². The number of nitrogens with one attached hydrogen (secondary N) is 1. The molecule has 3 aliphatic rings. The van der Waals surface area contributed by atoms with Gasteiger partial charge in [-0.05, 0) is 52.4 Å². The van der Waals surface area contributed by atoms with Gasteiger partial charge < -0.3 is 19.9 Å². The average molecular weight is 395 g/mol. The number of carbonyl (C=O) groups excluding carboxylic acids is 3. The molecule has 3 amide bonds. The Hall–Kier alpha value is -1.83. The minimum atomic E-state index is -0.474. The molecule has 0 aromatic carbocycles. The van der Waals surface area contributed by atoms with Crippen molar-refractivity contribution in [1.29, 1.82) is 0 Å². The van der Waals surface area contributed by atoms with Crippen LogP contribution in [0.15, 0.2) is 0 Å². The number of amides is 3. The molecule has 1 aliphatic carbocycles. The zero-order valence-electron chi connectivity index (χ0n) is 17.4. The van der Waals surface area contributed by atoms with Crippen LogP contribution in [0.4, 0.5) is 4.79 Å². The molecule has 158 valence electrons. The molecule has 1 saturated carbocycles. The van der Waals surface area contributed by atoms with Crippen molar-refractivity contribution in [2.24, 2.45) is 5.92 Å². The van der Waals surface area contributed by atoms with E-state index in [9.17, 15) is 14.4 Å². The lowest BCUT2D eigenvalue weighted by atomic mass is 9.97. The number of hydrogen-bond acceptors (Lipinski definition) is 5. The molecule has 28 heavy (non-hydrogen) atoms. The number of rotatable bonds is 3. The van der Waals surface area contributed by atoms with Crippen LogP contribution < -0.4 is 5.32 Å². The second-order valence-electron chi connectivity index (χ2n) is 9.28. The van der Waals surface area contributed by atoms with E-state index in [-0.39, 0.29) is 12.1 Å². The number of likely N-dealkylation sites (tertiary alicyclic amines) is 1. The van der Waals surface area contributed by atoms with Crippen LogP contribution >= 0.6 is 0 Å². The molecule has 1 atom stereocenters. The third-order valence-electron chi connectivity index (χ3n) is 5.45. The zero-order chi connectivity index (χ0) is 20.3. The summed E-state index contributed by atoms with van der Waals surface area (Å²) in [5.41, 5.74) is -0.474. The van der Waals surface area contributed by atoms with Gasteiger partial charge in [-0.2, -0.15) is 0 Å². The van der Waals surface area contributed by atoms with Gasteiger partial charge in [-0.3, -0.25) is 14.5 Å². The van der Waals surface area contributed by atoms with Crippen LogP contribution in [0.2, 0.25) is 0 Å². The minimum absolute atomic E-state index is 0.206. The first kappa shape index (κ1) is 20.9. The van der Waals surface area contributed by atoms with Gasteiger partial charge in [0, 0.05) is 51.9 Å². The molecule has 8 heteroatoms. The van der Waals surface area contributed by atoms with Gasteiger partial charge in [0.15, 0.2) is 0 Å². The van der Waals surface area contributed by atoms with Crippen molar-refractivity contribution in [3.05, 3.63) is 0 Å². The zero-order valence-corrected chi connectivity index (χ0v) is 17.4. The van der Waals surface area contributed by atoms with E-state index < -0.39 is 17.4 Å². The summed E-state index contributed by atoms with van der Waals surface area (Å²) < 4.78 is 5.50. The fraction of sp³-hybridized carbons (Fsp3) is 0.850. The summed E-state index contributed by atoms with van der Waals surface area (Å²) in [6, 6.07) is 0.206. The van der Waals surface area contributed by atoms with Gasteiger partial charge in [0.2, 0.25) is 0 Å². The van der Waals surface area contributed by atoms with E-state index in [4.69, 9.17) is 4.74 Å². The first-order valence-electron chi connectivity index (χ1n) is 10.5. The van der Waals surface area contributed by atoms with Crippen LogP contribution in [-0.2, 0) is 14.3 Å². The molecule has 0 aromatic heterocycles. The Morgan fingerprint density at radius 2 is 1.64 bits per heavy atom. The largest absolute Gasteiger partial charge is 0.444 e. The average Bonchev–Trinajstić information content (AvgIpc) is 3.44. The highest BCUT2D eigenvalue weighted by atomic mass is 16.6. The van der Waals surface area contributed by atoms with E-state index >= 15 is 0 Å². The van der Waals surface area contributed by atoms with Gasteiger partial charge in [0.1, 0.15) is 5.60 Å². The Bertz CT molecular complexity index is 592. The summed E-state index contributed by atoms with van der Waals surface area (Å²) in [7, 11) is 0. The predicted octanol–water partition coefficient (Wildman–Crippen LogP) is 1.06. The molecular formula is C20H34N4O4. The molecule has 0 spiro atoms. The molecule has 8 nitrogen and oxygen atoms in total. The minimum Gasteiger partial charge on any atom is -0.444 e. The van der Waals surface area contributed by atoms with Crippen LogP contribution in [0.1, 0.15) is 46.5 Å². The van der Waals surface area contributed by atoms with Crippen LogP contribution in [0, 0.1) is 5.92 Å². The highest BCUT2D eigenvalue weighted by Crippen LogP contribution is 2.21. The van der Waals surface area contributed by atoms with Crippen molar-refractivity contribution in [2.75, 3.05) is 45.8 Å². The molecule has 0 radical (unpaired) electrons. The molecule has 2 saturated heterocycles. The summed E-state index contributed by atoms with van der Waals surface area (Å²) in [4.78, 5) is 42.3. The standard InChI is InChI=1S/C20H34N4O4/c1-20(2,3)28-19(27)24-8-4-5-15(14-24)13-22-9-11-23(12-10-22)18(26)17(25)21-16-6-7-16/h15-16H,4-14H2,1-3H3,(H,21,25)/t15-/m1/s1. The first-order chi connectivity index (χ1) is 13.2. The molecule has 0 bridgehead atoms. The second kappa shape index (κ2) is 8.68. The number of carbonyl (C=O) groups is 3. The molecule has 3 fully saturated rings. The Labute approximate surface area is 167 Å². The van der Waals surface area contributed by atoms with Gasteiger partial charge >= 0.3 is 17.9 Å². The molecule has 3 rings (SSSR count). The lowest BCUT2D eigenvalue weighted by Gasteiger charge is -2.39. The molecular weight excluding hydrogens is 360 g/mol. The molecule has 0 unspecified atom stereocenters. The summed E-state index contributed by atoms with van der Waals surface area (Å²) >= 11 is 0. The second-order valence-corrected chi connectivity index (χ2v) is 9.28. The normalized spacial score (nSPS) is 24.0. The van der Waals surface area contributed by atoms with Gasteiger partial charge in [-0.25, -0.2) is 4.79 Å². The molecule has 1 N–H and O–H groups in total. The van der Waals surface area contributed by atoms with Crippen molar-refractivity contribution in [3.8, 4) is 0 Å². The molecule has 2 aliphatic heterocycles.